The molecule has 1 amide bonds. The van der Waals surface area contributed by atoms with Crippen LogP contribution in [0.15, 0.2) is 0 Å². The first-order valence-electron chi connectivity index (χ1n) is 8.69. The summed E-state index contributed by atoms with van der Waals surface area (Å²) in [5.74, 6) is 1.87. The number of carbonyl (C=O) groups is 1. The van der Waals surface area contributed by atoms with Gasteiger partial charge < -0.3 is 10.6 Å². The Bertz CT molecular complexity index is 291. The first-order chi connectivity index (χ1) is 9.65. The van der Waals surface area contributed by atoms with Crippen LogP contribution in [0.25, 0.3) is 0 Å². The highest BCUT2D eigenvalue weighted by Gasteiger charge is 2.22. The smallest absolute Gasteiger partial charge is 0.237 e. The van der Waals surface area contributed by atoms with Crippen molar-refractivity contribution in [2.45, 2.75) is 83.7 Å². The summed E-state index contributed by atoms with van der Waals surface area (Å²) in [7, 11) is 0. The maximum absolute atomic E-state index is 12.2. The molecule has 2 saturated carbocycles. The zero-order chi connectivity index (χ0) is 14.4. The molecular weight excluding hydrogens is 248 g/mol. The first kappa shape index (κ1) is 15.8. The third kappa shape index (κ3) is 5.08. The Hall–Kier alpha value is -0.570. The first-order valence-corrected chi connectivity index (χ1v) is 8.69. The van der Waals surface area contributed by atoms with Gasteiger partial charge in [0.1, 0.15) is 0 Å². The van der Waals surface area contributed by atoms with Crippen molar-refractivity contribution in [2.24, 2.45) is 11.8 Å². The number of hydrogen-bond donors (Lipinski definition) is 2. The van der Waals surface area contributed by atoms with Gasteiger partial charge in [-0.3, -0.25) is 4.79 Å². The van der Waals surface area contributed by atoms with Gasteiger partial charge in [0, 0.05) is 6.04 Å². The average Bonchev–Trinajstić information content (AvgIpc) is 2.47. The van der Waals surface area contributed by atoms with Gasteiger partial charge >= 0.3 is 0 Å². The summed E-state index contributed by atoms with van der Waals surface area (Å²) in [4.78, 5) is 12.2. The summed E-state index contributed by atoms with van der Waals surface area (Å²) in [6.07, 6.45) is 11.6. The predicted octanol–water partition coefficient (Wildman–Crippen LogP) is 3.24. The average molecular weight is 280 g/mol. The van der Waals surface area contributed by atoms with E-state index in [-0.39, 0.29) is 11.9 Å². The minimum absolute atomic E-state index is 0.0451. The molecule has 0 aliphatic heterocycles. The van der Waals surface area contributed by atoms with Gasteiger partial charge in [0.05, 0.1) is 6.04 Å². The maximum Gasteiger partial charge on any atom is 0.237 e. The number of amides is 1. The van der Waals surface area contributed by atoms with Gasteiger partial charge in [0.15, 0.2) is 0 Å². The lowest BCUT2D eigenvalue weighted by Crippen LogP contribution is -2.48. The van der Waals surface area contributed by atoms with Crippen LogP contribution in [-0.2, 0) is 4.79 Å². The summed E-state index contributed by atoms with van der Waals surface area (Å²) >= 11 is 0. The summed E-state index contributed by atoms with van der Waals surface area (Å²) in [6, 6.07) is 0.382. The van der Waals surface area contributed by atoms with Crippen LogP contribution in [0.5, 0.6) is 0 Å². The minimum atomic E-state index is -0.0451. The van der Waals surface area contributed by atoms with Gasteiger partial charge in [-0.25, -0.2) is 0 Å². The van der Waals surface area contributed by atoms with Gasteiger partial charge in [-0.15, -0.1) is 0 Å². The molecule has 0 spiro atoms. The number of carbonyl (C=O) groups excluding carboxylic acids is 1. The molecule has 1 unspecified atom stereocenters. The molecule has 0 bridgehead atoms. The fourth-order valence-electron chi connectivity index (χ4n) is 3.54. The van der Waals surface area contributed by atoms with Crippen LogP contribution in [-0.4, -0.2) is 24.5 Å². The third-order valence-electron chi connectivity index (χ3n) is 5.19. The third-order valence-corrected chi connectivity index (χ3v) is 5.19. The molecule has 3 nitrogen and oxygen atoms in total. The topological polar surface area (TPSA) is 41.1 Å². The van der Waals surface area contributed by atoms with Crippen LogP contribution in [0.2, 0.25) is 0 Å². The monoisotopic (exact) mass is 280 g/mol. The molecule has 3 heteroatoms. The van der Waals surface area contributed by atoms with Crippen molar-refractivity contribution in [3.8, 4) is 0 Å². The second-order valence-corrected chi connectivity index (χ2v) is 7.10. The lowest BCUT2D eigenvalue weighted by atomic mass is 9.83. The van der Waals surface area contributed by atoms with Crippen LogP contribution in [0, 0.1) is 11.8 Å². The van der Waals surface area contributed by atoms with E-state index in [1.165, 1.54) is 57.8 Å². The maximum atomic E-state index is 12.2. The molecular formula is C17H32N2O. The van der Waals surface area contributed by atoms with Gasteiger partial charge in [0.25, 0.3) is 0 Å². The fourth-order valence-corrected chi connectivity index (χ4v) is 3.54. The van der Waals surface area contributed by atoms with Crippen molar-refractivity contribution in [3.05, 3.63) is 0 Å². The quantitative estimate of drug-likeness (QED) is 0.811. The van der Waals surface area contributed by atoms with Crippen LogP contribution in [0.1, 0.15) is 71.6 Å². The highest BCUT2D eigenvalue weighted by Crippen LogP contribution is 2.27. The highest BCUT2D eigenvalue weighted by atomic mass is 16.2. The summed E-state index contributed by atoms with van der Waals surface area (Å²) < 4.78 is 0. The summed E-state index contributed by atoms with van der Waals surface area (Å²) in [5, 5.41) is 6.66. The summed E-state index contributed by atoms with van der Waals surface area (Å²) in [5.41, 5.74) is 0. The second kappa shape index (κ2) is 8.02. The molecule has 2 fully saturated rings. The number of rotatable bonds is 5. The number of nitrogens with one attached hydrogen (secondary N) is 2. The molecule has 2 rings (SSSR count). The molecule has 1 atom stereocenters. The zero-order valence-electron chi connectivity index (χ0n) is 13.3. The normalized spacial score (nSPS) is 29.9. The molecule has 2 N–H and O–H groups in total. The Kier molecular flexibility index (Phi) is 6.34. The van der Waals surface area contributed by atoms with E-state index in [4.69, 9.17) is 0 Å². The largest absolute Gasteiger partial charge is 0.352 e. The van der Waals surface area contributed by atoms with Crippen molar-refractivity contribution >= 4 is 5.91 Å². The zero-order valence-corrected chi connectivity index (χ0v) is 13.3. The van der Waals surface area contributed by atoms with Gasteiger partial charge in [0.2, 0.25) is 5.91 Å². The lowest BCUT2D eigenvalue weighted by Gasteiger charge is -2.28. The number of hydrogen-bond acceptors (Lipinski definition) is 2. The van der Waals surface area contributed by atoms with Crippen molar-refractivity contribution < 1.29 is 4.79 Å². The van der Waals surface area contributed by atoms with Crippen molar-refractivity contribution in [2.75, 3.05) is 6.54 Å². The fraction of sp³-hybridized carbons (Fsp3) is 0.941. The highest BCUT2D eigenvalue weighted by molar-refractivity contribution is 5.81. The molecule has 116 valence electrons. The standard InChI is InChI=1S/C17H32N2O/c1-13-8-10-15(11-9-13)12-18-14(2)17(20)19-16-6-4-3-5-7-16/h13-16,18H,3-12H2,1-2H3,(H,19,20). The van der Waals surface area contributed by atoms with E-state index in [0.29, 0.717) is 6.04 Å². The molecule has 0 saturated heterocycles. The van der Waals surface area contributed by atoms with Gasteiger partial charge in [-0.1, -0.05) is 39.0 Å². The van der Waals surface area contributed by atoms with E-state index in [2.05, 4.69) is 17.6 Å². The molecule has 0 radical (unpaired) electrons. The van der Waals surface area contributed by atoms with Crippen LogP contribution in [0.3, 0.4) is 0 Å². The molecule has 0 aromatic heterocycles. The van der Waals surface area contributed by atoms with E-state index >= 15 is 0 Å². The summed E-state index contributed by atoms with van der Waals surface area (Å²) in [6.45, 7) is 5.36. The molecule has 0 aromatic carbocycles. The van der Waals surface area contributed by atoms with Gasteiger partial charge in [-0.2, -0.15) is 0 Å². The van der Waals surface area contributed by atoms with E-state index in [1.807, 2.05) is 6.92 Å². The van der Waals surface area contributed by atoms with Crippen LogP contribution < -0.4 is 10.6 Å². The van der Waals surface area contributed by atoms with Gasteiger partial charge in [-0.05, 0) is 51.0 Å². The van der Waals surface area contributed by atoms with E-state index < -0.39 is 0 Å². The Morgan fingerprint density at radius 3 is 2.35 bits per heavy atom. The molecule has 0 heterocycles. The molecule has 20 heavy (non-hydrogen) atoms. The van der Waals surface area contributed by atoms with Crippen molar-refractivity contribution in [1.82, 2.24) is 10.6 Å². The Balaban J connectivity index is 1.63. The molecule has 2 aliphatic rings. The molecule has 0 aromatic rings. The Labute approximate surface area is 124 Å². The lowest BCUT2D eigenvalue weighted by molar-refractivity contribution is -0.123. The van der Waals surface area contributed by atoms with Crippen molar-refractivity contribution in [3.63, 3.8) is 0 Å². The van der Waals surface area contributed by atoms with E-state index in [1.54, 1.807) is 0 Å². The second-order valence-electron chi connectivity index (χ2n) is 7.10. The minimum Gasteiger partial charge on any atom is -0.352 e. The van der Waals surface area contributed by atoms with E-state index in [0.717, 1.165) is 18.4 Å². The Morgan fingerprint density at radius 1 is 1.05 bits per heavy atom. The molecule has 2 aliphatic carbocycles. The van der Waals surface area contributed by atoms with Crippen LogP contribution in [0.4, 0.5) is 0 Å². The van der Waals surface area contributed by atoms with Crippen LogP contribution >= 0.6 is 0 Å². The predicted molar refractivity (Wildman–Crippen MR) is 83.6 cm³/mol. The van der Waals surface area contributed by atoms with Crippen molar-refractivity contribution in [1.29, 1.82) is 0 Å². The van der Waals surface area contributed by atoms with E-state index in [9.17, 15) is 4.79 Å². The SMILES string of the molecule is CC1CCC(CNC(C)C(=O)NC2CCCCC2)CC1. The Morgan fingerprint density at radius 2 is 1.70 bits per heavy atom.